The molecule has 0 heterocycles. The van der Waals surface area contributed by atoms with Gasteiger partial charge in [0.1, 0.15) is 17.2 Å². The van der Waals surface area contributed by atoms with E-state index >= 15 is 0 Å². The molecule has 186 valence electrons. The number of hydrogen-bond donors (Lipinski definition) is 2. The van der Waals surface area contributed by atoms with E-state index in [1.807, 2.05) is 0 Å². The van der Waals surface area contributed by atoms with Crippen LogP contribution in [0, 0.1) is 5.92 Å². The van der Waals surface area contributed by atoms with Crippen LogP contribution in [0.3, 0.4) is 0 Å². The van der Waals surface area contributed by atoms with E-state index in [2.05, 4.69) is 4.74 Å². The zero-order valence-corrected chi connectivity index (χ0v) is 19.2. The summed E-state index contributed by atoms with van der Waals surface area (Å²) in [6, 6.07) is 18.9. The van der Waals surface area contributed by atoms with E-state index in [0.29, 0.717) is 0 Å². The number of halogens is 3. The third-order valence-electron chi connectivity index (χ3n) is 5.25. The van der Waals surface area contributed by atoms with Crippen LogP contribution in [0.5, 0.6) is 17.2 Å². The van der Waals surface area contributed by atoms with Crippen molar-refractivity contribution in [2.75, 3.05) is 5.75 Å². The van der Waals surface area contributed by atoms with Crippen molar-refractivity contribution in [2.24, 2.45) is 5.92 Å². The van der Waals surface area contributed by atoms with Crippen molar-refractivity contribution in [3.05, 3.63) is 84.4 Å². The lowest BCUT2D eigenvalue weighted by atomic mass is 9.88. The third kappa shape index (κ3) is 7.20. The van der Waals surface area contributed by atoms with Crippen molar-refractivity contribution < 1.29 is 41.1 Å². The van der Waals surface area contributed by atoms with Crippen LogP contribution in [0.25, 0.3) is 0 Å². The monoisotopic (exact) mass is 509 g/mol. The number of alkyl halides is 3. The maximum atomic E-state index is 13.0. The fourth-order valence-corrected chi connectivity index (χ4v) is 5.07. The van der Waals surface area contributed by atoms with Gasteiger partial charge in [0.15, 0.2) is 9.84 Å². The number of amides is 1. The van der Waals surface area contributed by atoms with Gasteiger partial charge in [-0.3, -0.25) is 10.0 Å². The molecule has 11 heteroatoms. The minimum Gasteiger partial charge on any atom is -0.457 e. The Morgan fingerprint density at radius 1 is 0.914 bits per heavy atom. The summed E-state index contributed by atoms with van der Waals surface area (Å²) in [5.41, 5.74) is 2.29. The number of carbonyl (C=O) groups excluding carboxylic acids is 1. The van der Waals surface area contributed by atoms with Crippen LogP contribution in [0.15, 0.2) is 83.8 Å². The molecule has 2 atom stereocenters. The van der Waals surface area contributed by atoms with Crippen LogP contribution in [0.1, 0.15) is 18.4 Å². The van der Waals surface area contributed by atoms with Crippen LogP contribution in [-0.2, 0) is 14.6 Å². The van der Waals surface area contributed by atoms with Gasteiger partial charge < -0.3 is 9.47 Å². The van der Waals surface area contributed by atoms with Gasteiger partial charge in [0.25, 0.3) is 0 Å². The number of nitrogens with one attached hydrogen (secondary N) is 1. The number of sulfone groups is 1. The van der Waals surface area contributed by atoms with E-state index < -0.39 is 45.4 Å². The molecule has 0 aromatic heterocycles. The van der Waals surface area contributed by atoms with Gasteiger partial charge in [0.2, 0.25) is 5.91 Å². The molecule has 3 aromatic rings. The van der Waals surface area contributed by atoms with Crippen molar-refractivity contribution in [1.82, 2.24) is 5.48 Å². The fraction of sp³-hybridized carbons (Fsp3) is 0.208. The molecule has 0 saturated heterocycles. The second kappa shape index (κ2) is 10.8. The van der Waals surface area contributed by atoms with Crippen LogP contribution >= 0.6 is 0 Å². The average molecular weight is 510 g/mol. The number of benzene rings is 3. The van der Waals surface area contributed by atoms with E-state index in [1.54, 1.807) is 42.7 Å². The summed E-state index contributed by atoms with van der Waals surface area (Å²) in [5.74, 6) is -2.86. The number of hydroxylamine groups is 1. The third-order valence-corrected chi connectivity index (χ3v) is 7.04. The Morgan fingerprint density at radius 2 is 1.43 bits per heavy atom. The SMILES string of the molecule is C[C@@H](c1ccccc1)C(CS(=O)(=O)c1ccc(Oc2ccc(OC(F)(F)F)cc2)cc1)C(=O)NO. The van der Waals surface area contributed by atoms with Crippen LogP contribution < -0.4 is 15.0 Å². The molecule has 1 unspecified atom stereocenters. The van der Waals surface area contributed by atoms with Crippen LogP contribution in [0.2, 0.25) is 0 Å². The first-order valence-electron chi connectivity index (χ1n) is 10.3. The summed E-state index contributed by atoms with van der Waals surface area (Å²) in [7, 11) is -3.93. The fourth-order valence-electron chi connectivity index (χ4n) is 3.41. The number of hydrogen-bond acceptors (Lipinski definition) is 6. The zero-order valence-electron chi connectivity index (χ0n) is 18.4. The Labute approximate surface area is 200 Å². The smallest absolute Gasteiger partial charge is 0.457 e. The van der Waals surface area contributed by atoms with Crippen LogP contribution in [-0.4, -0.2) is 31.6 Å². The lowest BCUT2D eigenvalue weighted by Gasteiger charge is -2.22. The normalized spacial score (nSPS) is 13.5. The minimum absolute atomic E-state index is 0.0604. The lowest BCUT2D eigenvalue weighted by Crippen LogP contribution is -2.36. The summed E-state index contributed by atoms with van der Waals surface area (Å²) >= 11 is 0. The predicted molar refractivity (Wildman–Crippen MR) is 120 cm³/mol. The first kappa shape index (κ1) is 26.0. The number of rotatable bonds is 9. The second-order valence-corrected chi connectivity index (χ2v) is 9.69. The highest BCUT2D eigenvalue weighted by atomic mass is 32.2. The molecule has 0 fully saturated rings. The highest BCUT2D eigenvalue weighted by Crippen LogP contribution is 2.30. The van der Waals surface area contributed by atoms with E-state index in [4.69, 9.17) is 9.94 Å². The maximum Gasteiger partial charge on any atom is 0.573 e. The molecule has 0 radical (unpaired) electrons. The largest absolute Gasteiger partial charge is 0.573 e. The molecule has 7 nitrogen and oxygen atoms in total. The molecule has 0 aliphatic heterocycles. The van der Waals surface area contributed by atoms with E-state index in [-0.39, 0.29) is 16.4 Å². The van der Waals surface area contributed by atoms with Crippen molar-refractivity contribution in [2.45, 2.75) is 24.1 Å². The predicted octanol–water partition coefficient (Wildman–Crippen LogP) is 5.08. The van der Waals surface area contributed by atoms with Gasteiger partial charge in [-0.1, -0.05) is 37.3 Å². The Morgan fingerprint density at radius 3 is 1.94 bits per heavy atom. The van der Waals surface area contributed by atoms with Crippen LogP contribution in [0.4, 0.5) is 13.2 Å². The summed E-state index contributed by atoms with van der Waals surface area (Å²) in [6.07, 6.45) is -4.81. The molecule has 0 aliphatic carbocycles. The van der Waals surface area contributed by atoms with Crippen molar-refractivity contribution in [1.29, 1.82) is 0 Å². The zero-order chi connectivity index (χ0) is 25.6. The number of ether oxygens (including phenoxy) is 2. The molecule has 2 N–H and O–H groups in total. The lowest BCUT2D eigenvalue weighted by molar-refractivity contribution is -0.274. The topological polar surface area (TPSA) is 102 Å². The van der Waals surface area contributed by atoms with E-state index in [0.717, 1.165) is 17.7 Å². The second-order valence-electron chi connectivity index (χ2n) is 7.66. The molecular formula is C24H22F3NO6S. The van der Waals surface area contributed by atoms with E-state index in [9.17, 15) is 26.4 Å². The molecule has 1 amide bonds. The van der Waals surface area contributed by atoms with Gasteiger partial charge in [-0.25, -0.2) is 13.9 Å². The first-order valence-corrected chi connectivity index (χ1v) is 12.0. The summed E-state index contributed by atoms with van der Waals surface area (Å²) in [6.45, 7) is 1.70. The Kier molecular flexibility index (Phi) is 8.03. The van der Waals surface area contributed by atoms with Gasteiger partial charge >= 0.3 is 6.36 Å². The van der Waals surface area contributed by atoms with Gasteiger partial charge in [-0.2, -0.15) is 0 Å². The molecule has 0 aliphatic rings. The van der Waals surface area contributed by atoms with Gasteiger partial charge in [0, 0.05) is 0 Å². The maximum absolute atomic E-state index is 13.0. The van der Waals surface area contributed by atoms with Crippen molar-refractivity contribution >= 4 is 15.7 Å². The van der Waals surface area contributed by atoms with Crippen molar-refractivity contribution in [3.8, 4) is 17.2 Å². The quantitative estimate of drug-likeness (QED) is 0.308. The van der Waals surface area contributed by atoms with Gasteiger partial charge in [-0.15, -0.1) is 13.2 Å². The highest BCUT2D eigenvalue weighted by Gasteiger charge is 2.32. The Hall–Kier alpha value is -3.57. The van der Waals surface area contributed by atoms with E-state index in [1.165, 1.54) is 36.4 Å². The molecular weight excluding hydrogens is 487 g/mol. The minimum atomic E-state index is -4.81. The summed E-state index contributed by atoms with van der Waals surface area (Å²) in [4.78, 5) is 12.2. The Balaban J connectivity index is 1.72. The van der Waals surface area contributed by atoms with Crippen molar-refractivity contribution in [3.63, 3.8) is 0 Å². The average Bonchev–Trinajstić information content (AvgIpc) is 2.83. The van der Waals surface area contributed by atoms with Gasteiger partial charge in [0.05, 0.1) is 16.6 Å². The number of carbonyl (C=O) groups is 1. The molecule has 0 saturated carbocycles. The molecule has 3 aromatic carbocycles. The molecule has 0 spiro atoms. The molecule has 3 rings (SSSR count). The summed E-state index contributed by atoms with van der Waals surface area (Å²) < 4.78 is 72.1. The Bertz CT molecular complexity index is 1230. The highest BCUT2D eigenvalue weighted by molar-refractivity contribution is 7.91. The standard InChI is InChI=1S/C24H22F3NO6S/c1-16(17-5-3-2-4-6-17)22(23(29)28-30)15-35(31,32)21-13-11-19(12-14-21)33-18-7-9-20(10-8-18)34-24(25,26)27/h2-14,16,22,30H,15H2,1H3,(H,28,29)/t16-,22?/m0/s1. The first-order chi connectivity index (χ1) is 16.5. The summed E-state index contributed by atoms with van der Waals surface area (Å²) in [5, 5.41) is 9.14. The molecule has 35 heavy (non-hydrogen) atoms. The van der Waals surface area contributed by atoms with Gasteiger partial charge in [-0.05, 0) is 60.0 Å². The molecule has 0 bridgehead atoms.